The molecule has 176 valence electrons. The molecule has 1 aromatic rings. The second-order valence-corrected chi connectivity index (χ2v) is 8.32. The van der Waals surface area contributed by atoms with Crippen LogP contribution in [0.5, 0.6) is 17.2 Å². The lowest BCUT2D eigenvalue weighted by Crippen LogP contribution is -2.55. The van der Waals surface area contributed by atoms with Gasteiger partial charge in [0, 0.05) is 38.3 Å². The van der Waals surface area contributed by atoms with Crippen LogP contribution in [-0.2, 0) is 9.59 Å². The van der Waals surface area contributed by atoms with Crippen LogP contribution in [0, 0.1) is 0 Å². The second-order valence-electron chi connectivity index (χ2n) is 8.32. The number of benzene rings is 1. The van der Waals surface area contributed by atoms with Crippen LogP contribution in [0.3, 0.4) is 0 Å². The van der Waals surface area contributed by atoms with Gasteiger partial charge in [0.05, 0.1) is 27.4 Å². The van der Waals surface area contributed by atoms with Crippen LogP contribution >= 0.6 is 0 Å². The highest BCUT2D eigenvalue weighted by atomic mass is 16.5. The minimum Gasteiger partial charge on any atom is -0.493 e. The smallest absolute Gasteiger partial charge is 0.246 e. The van der Waals surface area contributed by atoms with Gasteiger partial charge in [-0.05, 0) is 43.5 Å². The van der Waals surface area contributed by atoms with Crippen LogP contribution in [0.1, 0.15) is 38.2 Å². The van der Waals surface area contributed by atoms with Gasteiger partial charge in [0.25, 0.3) is 0 Å². The Labute approximate surface area is 190 Å². The van der Waals surface area contributed by atoms with Crippen molar-refractivity contribution in [2.45, 2.75) is 44.7 Å². The number of ether oxygens (including phenoxy) is 3. The van der Waals surface area contributed by atoms with E-state index in [9.17, 15) is 9.59 Å². The highest BCUT2D eigenvalue weighted by molar-refractivity contribution is 5.92. The van der Waals surface area contributed by atoms with E-state index in [0.29, 0.717) is 49.5 Å². The normalized spacial score (nSPS) is 18.6. The molecular formula is C24H35N3O5. The molecule has 0 radical (unpaired) electrons. The zero-order valence-electron chi connectivity index (χ0n) is 19.6. The van der Waals surface area contributed by atoms with Gasteiger partial charge >= 0.3 is 0 Å². The summed E-state index contributed by atoms with van der Waals surface area (Å²) >= 11 is 0. The number of rotatable bonds is 8. The summed E-state index contributed by atoms with van der Waals surface area (Å²) in [6.45, 7) is 4.51. The standard InChI is InChI=1S/C24H35N3O5/c1-17(24(29)25-19-7-5-6-8-19)26-11-13-27(14-12-26)22(28)10-9-18-15-20(30-2)23(32-4)21(16-18)31-3/h9-10,15-17,19H,5-8,11-14H2,1-4H3,(H,25,29)/b10-9+. The number of nitrogens with one attached hydrogen (secondary N) is 1. The van der Waals surface area contributed by atoms with E-state index in [-0.39, 0.29) is 17.9 Å². The number of carbonyl (C=O) groups is 2. The molecule has 1 aromatic carbocycles. The Morgan fingerprint density at radius 3 is 2.12 bits per heavy atom. The Kier molecular flexibility index (Phi) is 8.39. The molecule has 8 nitrogen and oxygen atoms in total. The van der Waals surface area contributed by atoms with Crippen molar-refractivity contribution in [2.24, 2.45) is 0 Å². The summed E-state index contributed by atoms with van der Waals surface area (Å²) in [6, 6.07) is 3.75. The Balaban J connectivity index is 1.54. The fourth-order valence-corrected chi connectivity index (χ4v) is 4.36. The van der Waals surface area contributed by atoms with Gasteiger partial charge in [-0.2, -0.15) is 0 Å². The van der Waals surface area contributed by atoms with Crippen LogP contribution in [0.15, 0.2) is 18.2 Å². The Morgan fingerprint density at radius 1 is 1.00 bits per heavy atom. The third kappa shape index (κ3) is 5.73. The first-order valence-corrected chi connectivity index (χ1v) is 11.3. The van der Waals surface area contributed by atoms with Gasteiger partial charge in [0.2, 0.25) is 17.6 Å². The molecule has 0 bridgehead atoms. The number of methoxy groups -OCH3 is 3. The number of piperazine rings is 1. The van der Waals surface area contributed by atoms with E-state index in [4.69, 9.17) is 14.2 Å². The summed E-state index contributed by atoms with van der Waals surface area (Å²) in [5, 5.41) is 3.17. The van der Waals surface area contributed by atoms with Crippen molar-refractivity contribution >= 4 is 17.9 Å². The zero-order valence-corrected chi connectivity index (χ0v) is 19.6. The van der Waals surface area contributed by atoms with E-state index in [1.165, 1.54) is 12.8 Å². The molecule has 2 aliphatic rings. The van der Waals surface area contributed by atoms with E-state index in [2.05, 4.69) is 10.2 Å². The van der Waals surface area contributed by atoms with Crippen molar-refractivity contribution in [2.75, 3.05) is 47.5 Å². The predicted molar refractivity (Wildman–Crippen MR) is 123 cm³/mol. The van der Waals surface area contributed by atoms with Crippen LogP contribution in [-0.4, -0.2) is 81.2 Å². The molecule has 8 heteroatoms. The molecule has 1 aliphatic carbocycles. The first-order chi connectivity index (χ1) is 15.5. The van der Waals surface area contributed by atoms with Crippen molar-refractivity contribution in [3.05, 3.63) is 23.8 Å². The summed E-state index contributed by atoms with van der Waals surface area (Å²) in [5.41, 5.74) is 0.781. The maximum absolute atomic E-state index is 12.7. The van der Waals surface area contributed by atoms with E-state index >= 15 is 0 Å². The third-order valence-electron chi connectivity index (χ3n) is 6.36. The quantitative estimate of drug-likeness (QED) is 0.619. The van der Waals surface area contributed by atoms with Crippen LogP contribution in [0.4, 0.5) is 0 Å². The van der Waals surface area contributed by atoms with Crippen molar-refractivity contribution in [3.63, 3.8) is 0 Å². The zero-order chi connectivity index (χ0) is 23.1. The van der Waals surface area contributed by atoms with E-state index in [1.807, 2.05) is 11.8 Å². The van der Waals surface area contributed by atoms with Crippen molar-refractivity contribution in [3.8, 4) is 17.2 Å². The fraction of sp³-hybridized carbons (Fsp3) is 0.583. The molecule has 0 aromatic heterocycles. The SMILES string of the molecule is COc1cc(/C=C/C(=O)N2CCN(C(C)C(=O)NC3CCCC3)CC2)cc(OC)c1OC. The highest BCUT2D eigenvalue weighted by Crippen LogP contribution is 2.38. The molecule has 1 saturated heterocycles. The molecule has 2 amide bonds. The van der Waals surface area contributed by atoms with Gasteiger partial charge in [0.15, 0.2) is 11.5 Å². The average Bonchev–Trinajstić information content (AvgIpc) is 3.34. The summed E-state index contributed by atoms with van der Waals surface area (Å²) in [6.07, 6.45) is 7.87. The predicted octanol–water partition coefficient (Wildman–Crippen LogP) is 2.32. The monoisotopic (exact) mass is 445 g/mol. The van der Waals surface area contributed by atoms with Gasteiger partial charge in [-0.15, -0.1) is 0 Å². The summed E-state index contributed by atoms with van der Waals surface area (Å²) in [5.74, 6) is 1.64. The first kappa shape index (κ1) is 23.9. The molecule has 0 spiro atoms. The van der Waals surface area contributed by atoms with Crippen molar-refractivity contribution in [1.82, 2.24) is 15.1 Å². The molecule has 1 atom stereocenters. The van der Waals surface area contributed by atoms with E-state index < -0.39 is 0 Å². The van der Waals surface area contributed by atoms with E-state index in [0.717, 1.165) is 18.4 Å². The molecule has 3 rings (SSSR count). The minimum absolute atomic E-state index is 0.0542. The molecule has 1 N–H and O–H groups in total. The molecule has 32 heavy (non-hydrogen) atoms. The van der Waals surface area contributed by atoms with Crippen molar-refractivity contribution in [1.29, 1.82) is 0 Å². The maximum atomic E-state index is 12.7. The lowest BCUT2D eigenvalue weighted by Gasteiger charge is -2.37. The molecule has 1 heterocycles. The Hall–Kier alpha value is -2.74. The van der Waals surface area contributed by atoms with Crippen LogP contribution < -0.4 is 19.5 Å². The van der Waals surface area contributed by atoms with Crippen molar-refractivity contribution < 1.29 is 23.8 Å². The van der Waals surface area contributed by atoms with Gasteiger partial charge in [-0.3, -0.25) is 14.5 Å². The molecule has 1 saturated carbocycles. The maximum Gasteiger partial charge on any atom is 0.246 e. The summed E-state index contributed by atoms with van der Waals surface area (Å²) in [4.78, 5) is 29.2. The largest absolute Gasteiger partial charge is 0.493 e. The van der Waals surface area contributed by atoms with E-state index in [1.54, 1.807) is 45.6 Å². The number of hydrogen-bond acceptors (Lipinski definition) is 6. The number of hydrogen-bond donors (Lipinski definition) is 1. The number of amides is 2. The average molecular weight is 446 g/mol. The molecular weight excluding hydrogens is 410 g/mol. The molecule has 1 aliphatic heterocycles. The molecule has 2 fully saturated rings. The van der Waals surface area contributed by atoms with Gasteiger partial charge in [0.1, 0.15) is 0 Å². The fourth-order valence-electron chi connectivity index (χ4n) is 4.36. The van der Waals surface area contributed by atoms with Gasteiger partial charge in [-0.25, -0.2) is 0 Å². The topological polar surface area (TPSA) is 80.3 Å². The summed E-state index contributed by atoms with van der Waals surface area (Å²) in [7, 11) is 4.67. The van der Waals surface area contributed by atoms with Gasteiger partial charge in [-0.1, -0.05) is 12.8 Å². The Bertz CT molecular complexity index is 802. The summed E-state index contributed by atoms with van der Waals surface area (Å²) < 4.78 is 16.1. The first-order valence-electron chi connectivity index (χ1n) is 11.3. The number of nitrogens with zero attached hydrogens (tertiary/aromatic N) is 2. The second kappa shape index (κ2) is 11.2. The lowest BCUT2D eigenvalue weighted by atomic mass is 10.1. The highest BCUT2D eigenvalue weighted by Gasteiger charge is 2.28. The minimum atomic E-state index is -0.178. The lowest BCUT2D eigenvalue weighted by molar-refractivity contribution is -0.130. The third-order valence-corrected chi connectivity index (χ3v) is 6.36. The van der Waals surface area contributed by atoms with Gasteiger partial charge < -0.3 is 24.4 Å². The molecule has 1 unspecified atom stereocenters. The number of carbonyl (C=O) groups excluding carboxylic acids is 2. The van der Waals surface area contributed by atoms with Crippen LogP contribution in [0.25, 0.3) is 6.08 Å². The van der Waals surface area contributed by atoms with Crippen LogP contribution in [0.2, 0.25) is 0 Å². The Morgan fingerprint density at radius 2 is 1.59 bits per heavy atom.